The molecular formula is C14H18FNO3. The van der Waals surface area contributed by atoms with E-state index in [1.165, 1.54) is 24.3 Å². The molecular weight excluding hydrogens is 249 g/mol. The summed E-state index contributed by atoms with van der Waals surface area (Å²) in [6.07, 6.45) is 0.447. The third-order valence-electron chi connectivity index (χ3n) is 2.97. The highest BCUT2D eigenvalue weighted by Gasteiger charge is 2.24. The predicted octanol–water partition coefficient (Wildman–Crippen LogP) is 2.30. The van der Waals surface area contributed by atoms with Gasteiger partial charge >= 0.3 is 5.97 Å². The van der Waals surface area contributed by atoms with Gasteiger partial charge in [0, 0.05) is 6.04 Å². The smallest absolute Gasteiger partial charge is 0.304 e. The van der Waals surface area contributed by atoms with Crippen LogP contribution >= 0.6 is 0 Å². The van der Waals surface area contributed by atoms with Gasteiger partial charge in [0.05, 0.1) is 12.3 Å². The minimum absolute atomic E-state index is 0.0238. The number of benzene rings is 1. The maximum absolute atomic E-state index is 12.9. The molecule has 4 nitrogen and oxygen atoms in total. The van der Waals surface area contributed by atoms with E-state index >= 15 is 0 Å². The van der Waals surface area contributed by atoms with Crippen LogP contribution in [-0.2, 0) is 9.59 Å². The molecule has 1 rings (SSSR count). The van der Waals surface area contributed by atoms with Crippen LogP contribution < -0.4 is 5.32 Å². The van der Waals surface area contributed by atoms with Gasteiger partial charge in [-0.05, 0) is 31.0 Å². The average molecular weight is 267 g/mol. The molecule has 1 aromatic carbocycles. The summed E-state index contributed by atoms with van der Waals surface area (Å²) in [4.78, 5) is 22.9. The summed E-state index contributed by atoms with van der Waals surface area (Å²) in [5.41, 5.74) is 0.504. The van der Waals surface area contributed by atoms with Crippen LogP contribution in [0.4, 0.5) is 4.39 Å². The Balaban J connectivity index is 2.91. The van der Waals surface area contributed by atoms with Crippen LogP contribution in [0, 0.1) is 5.82 Å². The molecule has 0 fully saturated rings. The van der Waals surface area contributed by atoms with Gasteiger partial charge in [0.15, 0.2) is 0 Å². The van der Waals surface area contributed by atoms with E-state index in [-0.39, 0.29) is 18.4 Å². The molecule has 0 radical (unpaired) electrons. The van der Waals surface area contributed by atoms with Gasteiger partial charge in [-0.25, -0.2) is 4.39 Å². The van der Waals surface area contributed by atoms with Crippen molar-refractivity contribution >= 4 is 11.9 Å². The molecule has 1 amide bonds. The first-order valence-electron chi connectivity index (χ1n) is 6.21. The molecule has 104 valence electrons. The van der Waals surface area contributed by atoms with Gasteiger partial charge in [0.1, 0.15) is 5.82 Å². The van der Waals surface area contributed by atoms with Crippen LogP contribution in [0.1, 0.15) is 38.2 Å². The molecule has 0 aliphatic carbocycles. The third-order valence-corrected chi connectivity index (χ3v) is 2.97. The lowest BCUT2D eigenvalue weighted by atomic mass is 9.94. The van der Waals surface area contributed by atoms with E-state index in [9.17, 15) is 14.0 Å². The molecule has 0 spiro atoms. The van der Waals surface area contributed by atoms with Gasteiger partial charge in [-0.15, -0.1) is 0 Å². The molecule has 0 heterocycles. The number of carboxylic acids is 1. The average Bonchev–Trinajstić information content (AvgIpc) is 2.36. The lowest BCUT2D eigenvalue weighted by Crippen LogP contribution is -2.36. The fourth-order valence-electron chi connectivity index (χ4n) is 1.68. The summed E-state index contributed by atoms with van der Waals surface area (Å²) in [5, 5.41) is 11.6. The SMILES string of the molecule is CCC(C)NC(=O)C(CC(=O)O)c1ccc(F)cc1. The second-order valence-electron chi connectivity index (χ2n) is 4.52. The summed E-state index contributed by atoms with van der Waals surface area (Å²) >= 11 is 0. The molecule has 5 heteroatoms. The molecule has 2 N–H and O–H groups in total. The lowest BCUT2D eigenvalue weighted by molar-refractivity contribution is -0.139. The Morgan fingerprint density at radius 2 is 1.89 bits per heavy atom. The first-order valence-corrected chi connectivity index (χ1v) is 6.21. The maximum atomic E-state index is 12.9. The Bertz CT molecular complexity index is 445. The van der Waals surface area contributed by atoms with E-state index in [4.69, 9.17) is 5.11 Å². The van der Waals surface area contributed by atoms with Crippen LogP contribution in [0.15, 0.2) is 24.3 Å². The highest BCUT2D eigenvalue weighted by atomic mass is 19.1. The van der Waals surface area contributed by atoms with Gasteiger partial charge in [-0.1, -0.05) is 19.1 Å². The highest BCUT2D eigenvalue weighted by Crippen LogP contribution is 2.21. The van der Waals surface area contributed by atoms with Crippen LogP contribution in [-0.4, -0.2) is 23.0 Å². The minimum atomic E-state index is -1.06. The van der Waals surface area contributed by atoms with Crippen molar-refractivity contribution in [3.05, 3.63) is 35.6 Å². The van der Waals surface area contributed by atoms with Crippen LogP contribution in [0.25, 0.3) is 0 Å². The second kappa shape index (κ2) is 6.87. The number of carboxylic acid groups (broad SMARTS) is 1. The van der Waals surface area contributed by atoms with Gasteiger partial charge in [0.2, 0.25) is 5.91 Å². The zero-order valence-electron chi connectivity index (χ0n) is 11.0. The van der Waals surface area contributed by atoms with E-state index in [0.717, 1.165) is 6.42 Å². The normalized spacial score (nSPS) is 13.6. The third kappa shape index (κ3) is 4.69. The summed E-state index contributed by atoms with van der Waals surface area (Å²) in [7, 11) is 0. The van der Waals surface area contributed by atoms with Crippen LogP contribution in [0.2, 0.25) is 0 Å². The molecule has 0 aliphatic heterocycles. The summed E-state index contributed by atoms with van der Waals surface area (Å²) in [5.74, 6) is -2.62. The maximum Gasteiger partial charge on any atom is 0.304 e. The number of carbonyl (C=O) groups excluding carboxylic acids is 1. The van der Waals surface area contributed by atoms with Crippen molar-refractivity contribution in [2.45, 2.75) is 38.6 Å². The number of amides is 1. The Labute approximate surface area is 111 Å². The van der Waals surface area contributed by atoms with E-state index in [1.54, 1.807) is 0 Å². The number of carbonyl (C=O) groups is 2. The highest BCUT2D eigenvalue weighted by molar-refractivity contribution is 5.87. The van der Waals surface area contributed by atoms with Gasteiger partial charge in [-0.2, -0.15) is 0 Å². The molecule has 0 aliphatic rings. The number of nitrogens with one attached hydrogen (secondary N) is 1. The fraction of sp³-hybridized carbons (Fsp3) is 0.429. The lowest BCUT2D eigenvalue weighted by Gasteiger charge is -2.18. The monoisotopic (exact) mass is 267 g/mol. The summed E-state index contributed by atoms with van der Waals surface area (Å²) in [6.45, 7) is 3.77. The predicted molar refractivity (Wildman–Crippen MR) is 69.3 cm³/mol. The summed E-state index contributed by atoms with van der Waals surface area (Å²) < 4.78 is 12.9. The largest absolute Gasteiger partial charge is 0.481 e. The topological polar surface area (TPSA) is 66.4 Å². The van der Waals surface area contributed by atoms with Crippen molar-refractivity contribution in [2.24, 2.45) is 0 Å². The Morgan fingerprint density at radius 3 is 2.37 bits per heavy atom. The van der Waals surface area contributed by atoms with Crippen molar-refractivity contribution in [3.63, 3.8) is 0 Å². The molecule has 2 unspecified atom stereocenters. The molecule has 1 aromatic rings. The van der Waals surface area contributed by atoms with Crippen molar-refractivity contribution in [1.29, 1.82) is 0 Å². The van der Waals surface area contributed by atoms with E-state index in [0.29, 0.717) is 5.56 Å². The number of hydrogen-bond donors (Lipinski definition) is 2. The van der Waals surface area contributed by atoms with E-state index in [2.05, 4.69) is 5.32 Å². The molecule has 19 heavy (non-hydrogen) atoms. The number of rotatable bonds is 6. The molecule has 0 bridgehead atoms. The van der Waals surface area contributed by atoms with Gasteiger partial charge in [-0.3, -0.25) is 9.59 Å². The zero-order chi connectivity index (χ0) is 14.4. The Morgan fingerprint density at radius 1 is 1.32 bits per heavy atom. The quantitative estimate of drug-likeness (QED) is 0.831. The Kier molecular flexibility index (Phi) is 5.48. The molecule has 0 saturated carbocycles. The Hall–Kier alpha value is -1.91. The summed E-state index contributed by atoms with van der Waals surface area (Å²) in [6, 6.07) is 5.31. The fourth-order valence-corrected chi connectivity index (χ4v) is 1.68. The number of halogens is 1. The number of hydrogen-bond acceptors (Lipinski definition) is 2. The standard InChI is InChI=1S/C14H18FNO3/c1-3-9(2)16-14(19)12(8-13(17)18)10-4-6-11(15)7-5-10/h4-7,9,12H,3,8H2,1-2H3,(H,16,19)(H,17,18). The van der Waals surface area contributed by atoms with Crippen molar-refractivity contribution in [3.8, 4) is 0 Å². The molecule has 2 atom stereocenters. The molecule has 0 aromatic heterocycles. The van der Waals surface area contributed by atoms with Crippen LogP contribution in [0.3, 0.4) is 0 Å². The van der Waals surface area contributed by atoms with E-state index < -0.39 is 17.7 Å². The van der Waals surface area contributed by atoms with Crippen molar-refractivity contribution in [1.82, 2.24) is 5.32 Å². The van der Waals surface area contributed by atoms with E-state index in [1.807, 2.05) is 13.8 Å². The molecule has 0 saturated heterocycles. The minimum Gasteiger partial charge on any atom is -0.481 e. The first-order chi connectivity index (χ1) is 8.93. The zero-order valence-corrected chi connectivity index (χ0v) is 11.0. The number of aliphatic carboxylic acids is 1. The van der Waals surface area contributed by atoms with Gasteiger partial charge in [0.25, 0.3) is 0 Å². The van der Waals surface area contributed by atoms with Crippen molar-refractivity contribution < 1.29 is 19.1 Å². The van der Waals surface area contributed by atoms with Crippen molar-refractivity contribution in [2.75, 3.05) is 0 Å². The van der Waals surface area contributed by atoms with Gasteiger partial charge < -0.3 is 10.4 Å². The first kappa shape index (κ1) is 15.1. The van der Waals surface area contributed by atoms with Crippen LogP contribution in [0.5, 0.6) is 0 Å². The second-order valence-corrected chi connectivity index (χ2v) is 4.52.